The van der Waals surface area contributed by atoms with Crippen molar-refractivity contribution in [2.45, 2.75) is 25.3 Å². The van der Waals surface area contributed by atoms with Crippen molar-refractivity contribution in [2.75, 3.05) is 10.6 Å². The number of hydrogen-bond donors (Lipinski definition) is 2. The van der Waals surface area contributed by atoms with Gasteiger partial charge in [0.1, 0.15) is 5.69 Å². The van der Waals surface area contributed by atoms with E-state index in [9.17, 15) is 14.9 Å². The van der Waals surface area contributed by atoms with Crippen LogP contribution >= 0.6 is 0 Å². The van der Waals surface area contributed by atoms with Crippen LogP contribution in [-0.2, 0) is 13.5 Å². The lowest BCUT2D eigenvalue weighted by Gasteiger charge is -2.24. The van der Waals surface area contributed by atoms with Crippen molar-refractivity contribution in [3.63, 3.8) is 0 Å². The number of carbonyl (C=O) groups excluding carboxylic acids is 1. The largest absolute Gasteiger partial charge is 0.373 e. The molecule has 0 aliphatic heterocycles. The van der Waals surface area contributed by atoms with Crippen molar-refractivity contribution in [1.82, 2.24) is 9.78 Å². The molecule has 1 aliphatic rings. The maximum Gasteiger partial charge on any atom is 0.293 e. The highest BCUT2D eigenvalue weighted by atomic mass is 16.6. The first-order chi connectivity index (χ1) is 15.0. The summed E-state index contributed by atoms with van der Waals surface area (Å²) in [6, 6.07) is 12.8. The number of nitrogens with one attached hydrogen (secondary N) is 2. The van der Waals surface area contributed by atoms with Gasteiger partial charge in [0.05, 0.1) is 28.8 Å². The highest BCUT2D eigenvalue weighted by molar-refractivity contribution is 6.05. The lowest BCUT2D eigenvalue weighted by Crippen LogP contribution is -2.19. The standard InChI is InChI=1S/C22H20N6O3/c1-27-20-7-3-6-18(17(20)13-24-27)26-19-9-8-15(11-21(19)28(30)31)22(29)25-16-5-2-4-14(10-16)12-23/h2,4-5,8-11,13,18,26H,3,6-7H2,1H3,(H,25,29). The molecule has 31 heavy (non-hydrogen) atoms. The van der Waals surface area contributed by atoms with Crippen LogP contribution in [0, 0.1) is 21.4 Å². The number of fused-ring (bicyclic) bond motifs is 1. The fourth-order valence-electron chi connectivity index (χ4n) is 3.86. The molecule has 0 fully saturated rings. The second-order valence-electron chi connectivity index (χ2n) is 7.40. The fraction of sp³-hybridized carbons (Fsp3) is 0.227. The Morgan fingerprint density at radius 1 is 1.32 bits per heavy atom. The topological polar surface area (TPSA) is 126 Å². The van der Waals surface area contributed by atoms with Crippen molar-refractivity contribution in [3.8, 4) is 6.07 Å². The van der Waals surface area contributed by atoms with Gasteiger partial charge >= 0.3 is 0 Å². The van der Waals surface area contributed by atoms with Crippen LogP contribution in [0.15, 0.2) is 48.7 Å². The summed E-state index contributed by atoms with van der Waals surface area (Å²) in [4.78, 5) is 23.8. The van der Waals surface area contributed by atoms with Crippen LogP contribution in [0.2, 0.25) is 0 Å². The summed E-state index contributed by atoms with van der Waals surface area (Å²) in [7, 11) is 1.89. The third-order valence-corrected chi connectivity index (χ3v) is 5.41. The van der Waals surface area contributed by atoms with Gasteiger partial charge in [0, 0.05) is 35.6 Å². The van der Waals surface area contributed by atoms with E-state index in [0.29, 0.717) is 16.9 Å². The van der Waals surface area contributed by atoms with Gasteiger partial charge in [-0.1, -0.05) is 6.07 Å². The molecule has 0 saturated heterocycles. The zero-order valence-electron chi connectivity index (χ0n) is 16.8. The molecule has 1 aliphatic carbocycles. The molecule has 9 heteroatoms. The zero-order chi connectivity index (χ0) is 22.0. The second kappa shape index (κ2) is 8.28. The number of aromatic nitrogens is 2. The molecule has 1 atom stereocenters. The first-order valence-electron chi connectivity index (χ1n) is 9.83. The minimum Gasteiger partial charge on any atom is -0.373 e. The molecule has 1 aromatic heterocycles. The van der Waals surface area contributed by atoms with Crippen molar-refractivity contribution < 1.29 is 9.72 Å². The number of nitro groups is 1. The number of amides is 1. The SMILES string of the molecule is Cn1ncc2c1CCCC2Nc1ccc(C(=O)Nc2cccc(C#N)c2)cc1[N+](=O)[O-]. The summed E-state index contributed by atoms with van der Waals surface area (Å²) >= 11 is 0. The maximum absolute atomic E-state index is 12.6. The molecular weight excluding hydrogens is 396 g/mol. The Balaban J connectivity index is 1.58. The van der Waals surface area contributed by atoms with Crippen LogP contribution in [0.4, 0.5) is 17.1 Å². The van der Waals surface area contributed by atoms with E-state index < -0.39 is 10.8 Å². The van der Waals surface area contributed by atoms with E-state index in [4.69, 9.17) is 5.26 Å². The van der Waals surface area contributed by atoms with Gasteiger partial charge in [-0.3, -0.25) is 19.6 Å². The fourth-order valence-corrected chi connectivity index (χ4v) is 3.86. The summed E-state index contributed by atoms with van der Waals surface area (Å²) in [6.07, 6.45) is 4.53. The van der Waals surface area contributed by atoms with Gasteiger partial charge in [0.25, 0.3) is 11.6 Å². The average molecular weight is 416 g/mol. The average Bonchev–Trinajstić information content (AvgIpc) is 3.16. The first kappa shape index (κ1) is 20.1. The molecule has 0 saturated carbocycles. The number of rotatable bonds is 5. The highest BCUT2D eigenvalue weighted by Gasteiger charge is 2.26. The summed E-state index contributed by atoms with van der Waals surface area (Å²) < 4.78 is 1.84. The van der Waals surface area contributed by atoms with Crippen LogP contribution in [0.5, 0.6) is 0 Å². The number of anilines is 2. The molecule has 4 rings (SSSR count). The number of benzene rings is 2. The molecule has 156 valence electrons. The third-order valence-electron chi connectivity index (χ3n) is 5.41. The molecule has 1 heterocycles. The van der Waals surface area contributed by atoms with Crippen molar-refractivity contribution in [2.24, 2.45) is 7.05 Å². The molecule has 0 bridgehead atoms. The van der Waals surface area contributed by atoms with Gasteiger partial charge in [0.2, 0.25) is 0 Å². The number of nitrogens with zero attached hydrogens (tertiary/aromatic N) is 4. The second-order valence-corrected chi connectivity index (χ2v) is 7.40. The van der Waals surface area contributed by atoms with Gasteiger partial charge in [-0.25, -0.2) is 0 Å². The predicted molar refractivity (Wildman–Crippen MR) is 115 cm³/mol. The molecule has 1 amide bonds. The van der Waals surface area contributed by atoms with Gasteiger partial charge in [-0.15, -0.1) is 0 Å². The van der Waals surface area contributed by atoms with E-state index in [0.717, 1.165) is 30.5 Å². The predicted octanol–water partition coefficient (Wildman–Crippen LogP) is 3.94. The molecule has 2 N–H and O–H groups in total. The van der Waals surface area contributed by atoms with E-state index in [2.05, 4.69) is 15.7 Å². The Morgan fingerprint density at radius 2 is 2.16 bits per heavy atom. The number of carbonyl (C=O) groups is 1. The van der Waals surface area contributed by atoms with E-state index in [1.807, 2.05) is 17.8 Å². The molecule has 9 nitrogen and oxygen atoms in total. The minimum absolute atomic E-state index is 0.0791. The lowest BCUT2D eigenvalue weighted by atomic mass is 9.92. The van der Waals surface area contributed by atoms with Crippen molar-refractivity contribution in [1.29, 1.82) is 5.26 Å². The number of hydrogen-bond acceptors (Lipinski definition) is 6. The smallest absolute Gasteiger partial charge is 0.293 e. The van der Waals surface area contributed by atoms with Gasteiger partial charge in [-0.05, 0) is 49.6 Å². The van der Waals surface area contributed by atoms with E-state index in [1.54, 1.807) is 36.5 Å². The van der Waals surface area contributed by atoms with E-state index in [1.165, 1.54) is 12.1 Å². The summed E-state index contributed by atoms with van der Waals surface area (Å²) in [6.45, 7) is 0. The Bertz CT molecular complexity index is 1210. The minimum atomic E-state index is -0.498. The summed E-state index contributed by atoms with van der Waals surface area (Å²) in [5.41, 5.74) is 3.37. The van der Waals surface area contributed by atoms with E-state index in [-0.39, 0.29) is 17.3 Å². The molecule has 1 unspecified atom stereocenters. The van der Waals surface area contributed by atoms with Crippen LogP contribution in [0.3, 0.4) is 0 Å². The highest BCUT2D eigenvalue weighted by Crippen LogP contribution is 2.35. The first-order valence-corrected chi connectivity index (χ1v) is 9.83. The maximum atomic E-state index is 12.6. The van der Waals surface area contributed by atoms with Crippen LogP contribution in [-0.4, -0.2) is 20.6 Å². The normalized spacial score (nSPS) is 14.9. The zero-order valence-corrected chi connectivity index (χ0v) is 16.8. The number of aryl methyl sites for hydroxylation is 1. The van der Waals surface area contributed by atoms with Crippen molar-refractivity contribution in [3.05, 3.63) is 81.2 Å². The summed E-state index contributed by atoms with van der Waals surface area (Å²) in [5, 5.41) is 30.9. The molecular formula is C22H20N6O3. The van der Waals surface area contributed by atoms with Crippen LogP contribution in [0.1, 0.15) is 46.1 Å². The van der Waals surface area contributed by atoms with Gasteiger partial charge in [0.15, 0.2) is 0 Å². The van der Waals surface area contributed by atoms with E-state index >= 15 is 0 Å². The number of nitro benzene ring substituents is 1. The van der Waals surface area contributed by atoms with Crippen LogP contribution < -0.4 is 10.6 Å². The quantitative estimate of drug-likeness (QED) is 0.479. The Hall–Kier alpha value is -4.19. The molecule has 0 spiro atoms. The summed E-state index contributed by atoms with van der Waals surface area (Å²) in [5.74, 6) is -0.489. The number of nitriles is 1. The Morgan fingerprint density at radius 3 is 2.94 bits per heavy atom. The monoisotopic (exact) mass is 416 g/mol. The lowest BCUT2D eigenvalue weighted by molar-refractivity contribution is -0.384. The molecule has 0 radical (unpaired) electrons. The van der Waals surface area contributed by atoms with Crippen LogP contribution in [0.25, 0.3) is 0 Å². The Kier molecular flexibility index (Phi) is 5.37. The van der Waals surface area contributed by atoms with Gasteiger partial charge in [-0.2, -0.15) is 10.4 Å². The van der Waals surface area contributed by atoms with Gasteiger partial charge < -0.3 is 10.6 Å². The third kappa shape index (κ3) is 4.09. The molecule has 2 aromatic carbocycles. The Labute approximate surface area is 178 Å². The molecule has 3 aromatic rings. The van der Waals surface area contributed by atoms with Crippen molar-refractivity contribution >= 4 is 23.0 Å².